The van der Waals surface area contributed by atoms with Crippen molar-refractivity contribution in [3.05, 3.63) is 71.0 Å². The molecule has 3 rings (SSSR count). The number of methoxy groups -OCH3 is 1. The predicted octanol–water partition coefficient (Wildman–Crippen LogP) is 3.02. The third-order valence-corrected chi connectivity index (χ3v) is 4.70. The van der Waals surface area contributed by atoms with E-state index in [0.29, 0.717) is 12.1 Å². The molecule has 0 fully saturated rings. The van der Waals surface area contributed by atoms with E-state index in [2.05, 4.69) is 29.4 Å². The van der Waals surface area contributed by atoms with Crippen LogP contribution in [0.5, 0.6) is 5.75 Å². The van der Waals surface area contributed by atoms with Crippen LogP contribution < -0.4 is 10.1 Å². The number of likely N-dealkylation sites (N-methyl/N-ethyl adjacent to an activating group) is 1. The number of nitrogens with one attached hydrogen (secondary N) is 1. The normalized spacial score (nSPS) is 17.1. The summed E-state index contributed by atoms with van der Waals surface area (Å²) in [5.41, 5.74) is 3.22. The van der Waals surface area contributed by atoms with Gasteiger partial charge in [0.25, 0.3) is 0 Å². The maximum Gasteiger partial charge on any atom is 0.244 e. The number of carbonyl (C=O) groups excluding carboxylic acids is 1. The van der Waals surface area contributed by atoms with Gasteiger partial charge in [-0.05, 0) is 60.5 Å². The highest BCUT2D eigenvalue weighted by atomic mass is 19.1. The molecule has 4 nitrogen and oxygen atoms in total. The van der Waals surface area contributed by atoms with Crippen molar-refractivity contribution >= 4 is 12.0 Å². The summed E-state index contributed by atoms with van der Waals surface area (Å²) in [4.78, 5) is 14.3. The van der Waals surface area contributed by atoms with Crippen molar-refractivity contribution in [1.82, 2.24) is 10.2 Å². The fourth-order valence-corrected chi connectivity index (χ4v) is 3.17. The van der Waals surface area contributed by atoms with Crippen molar-refractivity contribution in [2.45, 2.75) is 19.0 Å². The maximum atomic E-state index is 13.2. The summed E-state index contributed by atoms with van der Waals surface area (Å²) in [6.07, 6.45) is 3.91. The Hall–Kier alpha value is -2.66. The van der Waals surface area contributed by atoms with Crippen molar-refractivity contribution in [3.8, 4) is 5.75 Å². The summed E-state index contributed by atoms with van der Waals surface area (Å²) < 4.78 is 18.5. The molecule has 0 unspecified atom stereocenters. The first-order valence-electron chi connectivity index (χ1n) is 8.62. The number of hydrogen-bond acceptors (Lipinski definition) is 3. The lowest BCUT2D eigenvalue weighted by Gasteiger charge is -2.34. The van der Waals surface area contributed by atoms with Crippen molar-refractivity contribution in [2.75, 3.05) is 20.7 Å². The van der Waals surface area contributed by atoms with Crippen LogP contribution >= 0.6 is 0 Å². The van der Waals surface area contributed by atoms with Gasteiger partial charge in [-0.2, -0.15) is 0 Å². The molecule has 26 heavy (non-hydrogen) atoms. The minimum atomic E-state index is -0.314. The van der Waals surface area contributed by atoms with E-state index in [-0.39, 0.29) is 17.8 Å². The summed E-state index contributed by atoms with van der Waals surface area (Å²) in [5.74, 6) is 0.360. The maximum absolute atomic E-state index is 13.2. The SMILES string of the molecule is COc1ccc2c(c1)C[C@@H](CNC(=O)C=Cc1cccc(F)c1)N(C)C2. The lowest BCUT2D eigenvalue weighted by Crippen LogP contribution is -2.45. The molecule has 136 valence electrons. The lowest BCUT2D eigenvalue weighted by molar-refractivity contribution is -0.116. The number of rotatable bonds is 5. The molecular weight excluding hydrogens is 331 g/mol. The van der Waals surface area contributed by atoms with E-state index in [1.807, 2.05) is 6.07 Å². The van der Waals surface area contributed by atoms with Crippen LogP contribution in [0.15, 0.2) is 48.5 Å². The van der Waals surface area contributed by atoms with E-state index in [9.17, 15) is 9.18 Å². The smallest absolute Gasteiger partial charge is 0.244 e. The molecule has 0 aliphatic carbocycles. The number of fused-ring (bicyclic) bond motifs is 1. The fourth-order valence-electron chi connectivity index (χ4n) is 3.17. The van der Waals surface area contributed by atoms with Gasteiger partial charge < -0.3 is 10.1 Å². The quantitative estimate of drug-likeness (QED) is 0.840. The van der Waals surface area contributed by atoms with Crippen LogP contribution in [0.2, 0.25) is 0 Å². The molecule has 0 saturated carbocycles. The Morgan fingerprint density at radius 3 is 2.92 bits per heavy atom. The van der Waals surface area contributed by atoms with E-state index in [4.69, 9.17) is 4.74 Å². The topological polar surface area (TPSA) is 41.6 Å². The Bertz CT molecular complexity index is 819. The zero-order chi connectivity index (χ0) is 18.5. The number of nitrogens with zero attached hydrogens (tertiary/aromatic N) is 1. The molecule has 1 aliphatic heterocycles. The van der Waals surface area contributed by atoms with Crippen molar-refractivity contribution in [2.24, 2.45) is 0 Å². The van der Waals surface area contributed by atoms with E-state index in [1.54, 1.807) is 25.3 Å². The van der Waals surface area contributed by atoms with Crippen LogP contribution in [-0.4, -0.2) is 37.6 Å². The van der Waals surface area contributed by atoms with Gasteiger partial charge in [0.05, 0.1) is 7.11 Å². The van der Waals surface area contributed by atoms with Crippen LogP contribution in [0.3, 0.4) is 0 Å². The molecule has 0 spiro atoms. The highest BCUT2D eigenvalue weighted by Crippen LogP contribution is 2.25. The first-order valence-corrected chi connectivity index (χ1v) is 8.62. The third-order valence-electron chi connectivity index (χ3n) is 4.70. The van der Waals surface area contributed by atoms with Crippen LogP contribution in [0.25, 0.3) is 6.08 Å². The number of benzene rings is 2. The third kappa shape index (κ3) is 4.49. The molecule has 1 heterocycles. The fraction of sp³-hybridized carbons (Fsp3) is 0.286. The standard InChI is InChI=1S/C21H23FN2O2/c1-24-14-16-7-8-20(26-2)12-17(16)11-19(24)13-23-21(25)9-6-15-4-3-5-18(22)10-15/h3-10,12,19H,11,13-14H2,1-2H3,(H,23,25)/t19-/m0/s1. The molecule has 1 N–H and O–H groups in total. The van der Waals surface area contributed by atoms with Gasteiger partial charge in [-0.3, -0.25) is 9.69 Å². The van der Waals surface area contributed by atoms with Gasteiger partial charge in [0.1, 0.15) is 11.6 Å². The Morgan fingerprint density at radius 1 is 1.31 bits per heavy atom. The molecule has 0 bridgehead atoms. The number of amides is 1. The molecule has 0 radical (unpaired) electrons. The molecule has 0 aromatic heterocycles. The Labute approximate surface area is 153 Å². The molecule has 2 aromatic carbocycles. The van der Waals surface area contributed by atoms with E-state index in [1.165, 1.54) is 29.3 Å². The van der Waals surface area contributed by atoms with E-state index < -0.39 is 0 Å². The van der Waals surface area contributed by atoms with E-state index >= 15 is 0 Å². The Kier molecular flexibility index (Phi) is 5.68. The summed E-state index contributed by atoms with van der Waals surface area (Å²) in [6, 6.07) is 12.5. The van der Waals surface area contributed by atoms with Gasteiger partial charge in [0, 0.05) is 25.2 Å². The second kappa shape index (κ2) is 8.15. The van der Waals surface area contributed by atoms with Gasteiger partial charge in [0.2, 0.25) is 5.91 Å². The average Bonchev–Trinajstić information content (AvgIpc) is 2.64. The van der Waals surface area contributed by atoms with Crippen molar-refractivity contribution in [3.63, 3.8) is 0 Å². The minimum Gasteiger partial charge on any atom is -0.497 e. The number of ether oxygens (including phenoxy) is 1. The van der Waals surface area contributed by atoms with Crippen LogP contribution in [0.4, 0.5) is 4.39 Å². The van der Waals surface area contributed by atoms with E-state index in [0.717, 1.165) is 18.7 Å². The molecule has 5 heteroatoms. The van der Waals surface area contributed by atoms with Crippen LogP contribution in [0.1, 0.15) is 16.7 Å². The Morgan fingerprint density at radius 2 is 2.15 bits per heavy atom. The molecule has 1 atom stereocenters. The highest BCUT2D eigenvalue weighted by molar-refractivity contribution is 5.91. The number of carbonyl (C=O) groups is 1. The summed E-state index contributed by atoms with van der Waals surface area (Å²) >= 11 is 0. The first kappa shape index (κ1) is 18.1. The van der Waals surface area contributed by atoms with Gasteiger partial charge in [-0.25, -0.2) is 4.39 Å². The van der Waals surface area contributed by atoms with Crippen molar-refractivity contribution in [1.29, 1.82) is 0 Å². The van der Waals surface area contributed by atoms with Gasteiger partial charge in [-0.15, -0.1) is 0 Å². The highest BCUT2D eigenvalue weighted by Gasteiger charge is 2.23. The van der Waals surface area contributed by atoms with Gasteiger partial charge in [-0.1, -0.05) is 18.2 Å². The Balaban J connectivity index is 1.57. The second-order valence-electron chi connectivity index (χ2n) is 6.54. The number of halogens is 1. The molecular formula is C21H23FN2O2. The number of hydrogen-bond donors (Lipinski definition) is 1. The van der Waals surface area contributed by atoms with Gasteiger partial charge >= 0.3 is 0 Å². The molecule has 1 amide bonds. The summed E-state index contributed by atoms with van der Waals surface area (Å²) in [7, 11) is 3.73. The zero-order valence-corrected chi connectivity index (χ0v) is 15.0. The van der Waals surface area contributed by atoms with Crippen LogP contribution in [0, 0.1) is 5.82 Å². The zero-order valence-electron chi connectivity index (χ0n) is 15.0. The summed E-state index contributed by atoms with van der Waals surface area (Å²) in [6.45, 7) is 1.40. The second-order valence-corrected chi connectivity index (χ2v) is 6.54. The van der Waals surface area contributed by atoms with Gasteiger partial charge in [0.15, 0.2) is 0 Å². The predicted molar refractivity (Wildman–Crippen MR) is 100 cm³/mol. The minimum absolute atomic E-state index is 0.181. The van der Waals surface area contributed by atoms with Crippen molar-refractivity contribution < 1.29 is 13.9 Å². The van der Waals surface area contributed by atoms with Crippen LogP contribution in [-0.2, 0) is 17.8 Å². The average molecular weight is 354 g/mol. The largest absolute Gasteiger partial charge is 0.497 e. The molecule has 2 aromatic rings. The first-order chi connectivity index (χ1) is 12.5. The molecule has 0 saturated heterocycles. The monoisotopic (exact) mass is 354 g/mol. The summed E-state index contributed by atoms with van der Waals surface area (Å²) in [5, 5.41) is 2.93. The molecule has 1 aliphatic rings. The lowest BCUT2D eigenvalue weighted by atomic mass is 9.94.